The van der Waals surface area contributed by atoms with Crippen molar-refractivity contribution in [3.63, 3.8) is 0 Å². The summed E-state index contributed by atoms with van der Waals surface area (Å²) in [6, 6.07) is 11.1. The van der Waals surface area contributed by atoms with Gasteiger partial charge in [-0.3, -0.25) is 4.98 Å². The van der Waals surface area contributed by atoms with Crippen molar-refractivity contribution < 1.29 is 0 Å². The standard InChI is InChI=1S/C16H17ClN2S/c1-18-14(8-11-6-7-19-10-13(11)17)16-9-12-4-2-3-5-15(12)20-16/h2-7,10,14,16,18H,8-9H2,1H3. The fraction of sp³-hybridized carbons (Fsp3) is 0.312. The molecule has 1 aliphatic heterocycles. The van der Waals surface area contributed by atoms with E-state index in [9.17, 15) is 0 Å². The van der Waals surface area contributed by atoms with E-state index in [4.69, 9.17) is 11.6 Å². The van der Waals surface area contributed by atoms with Crippen LogP contribution in [-0.2, 0) is 12.8 Å². The minimum atomic E-state index is 0.410. The monoisotopic (exact) mass is 304 g/mol. The molecule has 2 aromatic rings. The number of fused-ring (bicyclic) bond motifs is 1. The summed E-state index contributed by atoms with van der Waals surface area (Å²) in [5.41, 5.74) is 2.63. The molecule has 4 heteroatoms. The van der Waals surface area contributed by atoms with Crippen LogP contribution in [-0.4, -0.2) is 23.3 Å². The second kappa shape index (κ2) is 6.17. The Labute approximate surface area is 129 Å². The predicted octanol–water partition coefficient (Wildman–Crippen LogP) is 3.58. The number of nitrogens with zero attached hydrogens (tertiary/aromatic N) is 1. The molecular weight excluding hydrogens is 288 g/mol. The average Bonchev–Trinajstić information content (AvgIpc) is 2.90. The molecule has 2 nitrogen and oxygen atoms in total. The van der Waals surface area contributed by atoms with Gasteiger partial charge in [0.1, 0.15) is 0 Å². The number of aromatic nitrogens is 1. The topological polar surface area (TPSA) is 24.9 Å². The SMILES string of the molecule is CNC(Cc1ccncc1Cl)C1Cc2ccccc2S1. The van der Waals surface area contributed by atoms with Gasteiger partial charge in [-0.05, 0) is 43.1 Å². The number of benzene rings is 1. The highest BCUT2D eigenvalue weighted by molar-refractivity contribution is 8.00. The summed E-state index contributed by atoms with van der Waals surface area (Å²) in [6.07, 6.45) is 5.59. The highest BCUT2D eigenvalue weighted by Gasteiger charge is 2.28. The molecule has 0 radical (unpaired) electrons. The molecule has 2 heterocycles. The van der Waals surface area contributed by atoms with Gasteiger partial charge in [-0.1, -0.05) is 29.8 Å². The van der Waals surface area contributed by atoms with Crippen LogP contribution < -0.4 is 5.32 Å². The maximum Gasteiger partial charge on any atom is 0.0621 e. The third-order valence-corrected chi connectivity index (χ3v) is 5.58. The van der Waals surface area contributed by atoms with Crippen LogP contribution in [0.1, 0.15) is 11.1 Å². The first kappa shape index (κ1) is 13.9. The van der Waals surface area contributed by atoms with Gasteiger partial charge in [-0.2, -0.15) is 0 Å². The van der Waals surface area contributed by atoms with Crippen LogP contribution in [0.15, 0.2) is 47.6 Å². The molecule has 3 rings (SSSR count). The third-order valence-electron chi connectivity index (χ3n) is 3.79. The Bertz CT molecular complexity index is 578. The molecular formula is C16H17ClN2S. The van der Waals surface area contributed by atoms with Gasteiger partial charge in [-0.15, -0.1) is 11.8 Å². The molecule has 0 saturated heterocycles. The van der Waals surface area contributed by atoms with E-state index in [0.717, 1.165) is 23.4 Å². The van der Waals surface area contributed by atoms with Gasteiger partial charge in [0.25, 0.3) is 0 Å². The summed E-state index contributed by atoms with van der Waals surface area (Å²) in [5.74, 6) is 0. The number of hydrogen-bond donors (Lipinski definition) is 1. The number of likely N-dealkylation sites (N-methyl/N-ethyl adjacent to an activating group) is 1. The largest absolute Gasteiger partial charge is 0.316 e. The van der Waals surface area contributed by atoms with Gasteiger partial charge in [0.2, 0.25) is 0 Å². The molecule has 0 amide bonds. The van der Waals surface area contributed by atoms with Crippen molar-refractivity contribution in [3.8, 4) is 0 Å². The summed E-state index contributed by atoms with van der Waals surface area (Å²) in [7, 11) is 2.03. The van der Waals surface area contributed by atoms with Crippen molar-refractivity contribution in [2.75, 3.05) is 7.05 Å². The average molecular weight is 305 g/mol. The molecule has 0 spiro atoms. The van der Waals surface area contributed by atoms with Gasteiger partial charge in [-0.25, -0.2) is 0 Å². The minimum absolute atomic E-state index is 0.410. The normalized spacial score (nSPS) is 18.8. The van der Waals surface area contributed by atoms with Crippen LogP contribution >= 0.6 is 23.4 Å². The fourth-order valence-electron chi connectivity index (χ4n) is 2.66. The fourth-order valence-corrected chi connectivity index (χ4v) is 4.30. The van der Waals surface area contributed by atoms with Crippen LogP contribution in [0.2, 0.25) is 5.02 Å². The first-order valence-corrected chi connectivity index (χ1v) is 8.04. The third kappa shape index (κ3) is 2.85. The summed E-state index contributed by atoms with van der Waals surface area (Å²) < 4.78 is 0. The first-order chi connectivity index (χ1) is 9.78. The highest BCUT2D eigenvalue weighted by Crippen LogP contribution is 2.39. The lowest BCUT2D eigenvalue weighted by molar-refractivity contribution is 0.537. The van der Waals surface area contributed by atoms with Crippen molar-refractivity contribution in [1.82, 2.24) is 10.3 Å². The summed E-state index contributed by atoms with van der Waals surface area (Å²) in [4.78, 5) is 5.47. The van der Waals surface area contributed by atoms with Crippen molar-refractivity contribution in [2.45, 2.75) is 29.0 Å². The molecule has 1 N–H and O–H groups in total. The van der Waals surface area contributed by atoms with Crippen molar-refractivity contribution in [3.05, 3.63) is 58.9 Å². The summed E-state index contributed by atoms with van der Waals surface area (Å²) >= 11 is 8.20. The number of nitrogens with one attached hydrogen (secondary N) is 1. The van der Waals surface area contributed by atoms with Crippen molar-refractivity contribution in [2.24, 2.45) is 0 Å². The number of thioether (sulfide) groups is 1. The van der Waals surface area contributed by atoms with Crippen LogP contribution in [0.5, 0.6) is 0 Å². The van der Waals surface area contributed by atoms with Crippen LogP contribution in [0.25, 0.3) is 0 Å². The second-order valence-corrected chi connectivity index (χ2v) is 6.72. The molecule has 0 saturated carbocycles. The molecule has 104 valence electrons. The van der Waals surface area contributed by atoms with E-state index in [1.807, 2.05) is 31.1 Å². The van der Waals surface area contributed by atoms with Crippen LogP contribution in [0.3, 0.4) is 0 Å². The Morgan fingerprint density at radius 2 is 2.25 bits per heavy atom. The zero-order valence-corrected chi connectivity index (χ0v) is 12.9. The smallest absolute Gasteiger partial charge is 0.0621 e. The summed E-state index contributed by atoms with van der Waals surface area (Å²) in [6.45, 7) is 0. The minimum Gasteiger partial charge on any atom is -0.316 e. The van der Waals surface area contributed by atoms with Gasteiger partial charge in [0, 0.05) is 28.6 Å². The lowest BCUT2D eigenvalue weighted by Crippen LogP contribution is -2.37. The van der Waals surface area contributed by atoms with E-state index in [1.165, 1.54) is 10.5 Å². The van der Waals surface area contributed by atoms with Crippen molar-refractivity contribution in [1.29, 1.82) is 0 Å². The maximum absolute atomic E-state index is 6.22. The van der Waals surface area contributed by atoms with E-state index >= 15 is 0 Å². The molecule has 0 bridgehead atoms. The molecule has 1 aliphatic rings. The Balaban J connectivity index is 1.74. The van der Waals surface area contributed by atoms with Crippen molar-refractivity contribution >= 4 is 23.4 Å². The zero-order chi connectivity index (χ0) is 13.9. The lowest BCUT2D eigenvalue weighted by Gasteiger charge is -2.22. The lowest BCUT2D eigenvalue weighted by atomic mass is 9.99. The second-order valence-electron chi connectivity index (χ2n) is 5.03. The van der Waals surface area contributed by atoms with Gasteiger partial charge >= 0.3 is 0 Å². The number of pyridine rings is 1. The number of hydrogen-bond acceptors (Lipinski definition) is 3. The first-order valence-electron chi connectivity index (χ1n) is 6.78. The Morgan fingerprint density at radius 1 is 1.40 bits per heavy atom. The van der Waals surface area contributed by atoms with E-state index in [0.29, 0.717) is 11.3 Å². The highest BCUT2D eigenvalue weighted by atomic mass is 35.5. The Morgan fingerprint density at radius 3 is 3.00 bits per heavy atom. The zero-order valence-electron chi connectivity index (χ0n) is 11.3. The van der Waals surface area contributed by atoms with Gasteiger partial charge in [0.05, 0.1) is 5.02 Å². The maximum atomic E-state index is 6.22. The van der Waals surface area contributed by atoms with E-state index in [-0.39, 0.29) is 0 Å². The van der Waals surface area contributed by atoms with Crippen LogP contribution in [0, 0.1) is 0 Å². The van der Waals surface area contributed by atoms with E-state index in [2.05, 4.69) is 34.6 Å². The van der Waals surface area contributed by atoms with Gasteiger partial charge < -0.3 is 5.32 Å². The number of halogens is 1. The molecule has 1 aromatic heterocycles. The summed E-state index contributed by atoms with van der Waals surface area (Å²) in [5, 5.41) is 4.77. The van der Waals surface area contributed by atoms with E-state index in [1.54, 1.807) is 6.20 Å². The molecule has 2 atom stereocenters. The predicted molar refractivity (Wildman–Crippen MR) is 85.6 cm³/mol. The molecule has 0 fully saturated rings. The van der Waals surface area contributed by atoms with Crippen LogP contribution in [0.4, 0.5) is 0 Å². The number of rotatable bonds is 4. The van der Waals surface area contributed by atoms with Gasteiger partial charge in [0.15, 0.2) is 0 Å². The Hall–Kier alpha value is -1.03. The molecule has 0 aliphatic carbocycles. The molecule has 1 aromatic carbocycles. The Kier molecular flexibility index (Phi) is 4.29. The molecule has 2 unspecified atom stereocenters. The molecule has 20 heavy (non-hydrogen) atoms. The quantitative estimate of drug-likeness (QED) is 0.934. The van der Waals surface area contributed by atoms with E-state index < -0.39 is 0 Å².